The average molecular weight is 281 g/mol. The van der Waals surface area contributed by atoms with Gasteiger partial charge in [-0.1, -0.05) is 30.3 Å². The number of nitrogens with zero attached hydrogens (tertiary/aromatic N) is 1. The zero-order chi connectivity index (χ0) is 14.7. The molecule has 1 aliphatic rings. The number of halogens is 1. The van der Waals surface area contributed by atoms with Crippen molar-refractivity contribution in [3.05, 3.63) is 35.9 Å². The maximum atomic E-state index is 14.2. The van der Waals surface area contributed by atoms with Crippen LogP contribution in [0.25, 0.3) is 0 Å². The molecular formula is C15H20FNO3. The molecule has 0 aromatic heterocycles. The van der Waals surface area contributed by atoms with Gasteiger partial charge >= 0.3 is 0 Å². The Kier molecular flexibility index (Phi) is 4.86. The quantitative estimate of drug-likeness (QED) is 0.842. The van der Waals surface area contributed by atoms with Gasteiger partial charge in [0.25, 0.3) is 0 Å². The van der Waals surface area contributed by atoms with Gasteiger partial charge in [0, 0.05) is 13.0 Å². The second kappa shape index (κ2) is 6.43. The van der Waals surface area contributed by atoms with E-state index in [4.69, 9.17) is 0 Å². The smallest absolute Gasteiger partial charge is 0.143 e. The van der Waals surface area contributed by atoms with Gasteiger partial charge in [-0.05, 0) is 12.5 Å². The summed E-state index contributed by atoms with van der Waals surface area (Å²) in [5, 5.41) is 19.3. The zero-order valence-electron chi connectivity index (χ0n) is 11.4. The molecule has 0 spiro atoms. The number of ketones is 1. The minimum atomic E-state index is -1.51. The molecule has 5 heteroatoms. The van der Waals surface area contributed by atoms with E-state index in [0.29, 0.717) is 6.54 Å². The number of Topliss-reactive ketones (excluding diaryl/α,β-unsaturated/α-hetero) is 1. The van der Waals surface area contributed by atoms with Crippen LogP contribution in [0.15, 0.2) is 30.3 Å². The Bertz CT molecular complexity index is 454. The highest BCUT2D eigenvalue weighted by Crippen LogP contribution is 2.31. The second-order valence-electron chi connectivity index (χ2n) is 5.32. The Hall–Kier alpha value is -1.30. The number of carbonyl (C=O) groups excluding carboxylic acids is 1. The zero-order valence-corrected chi connectivity index (χ0v) is 11.4. The van der Waals surface area contributed by atoms with Gasteiger partial charge in [-0.15, -0.1) is 0 Å². The Morgan fingerprint density at radius 2 is 1.95 bits per heavy atom. The third kappa shape index (κ3) is 3.06. The minimum Gasteiger partial charge on any atom is -0.395 e. The maximum absolute atomic E-state index is 14.2. The minimum absolute atomic E-state index is 0.0432. The number of hydrogen-bond acceptors (Lipinski definition) is 4. The standard InChI is InChI=1S/C15H20FNO3/c1-10(19)7-12-14(16)15(20)13(9-18)17(12)8-11-5-3-2-4-6-11/h2-6,12-15,18,20H,7-9H2,1H3/t12-,13-,14-,15-/m1/s1. The van der Waals surface area contributed by atoms with Crippen molar-refractivity contribution in [1.29, 1.82) is 0 Å². The molecule has 0 bridgehead atoms. The molecule has 0 amide bonds. The van der Waals surface area contributed by atoms with E-state index in [-0.39, 0.29) is 18.8 Å². The molecule has 1 fully saturated rings. The van der Waals surface area contributed by atoms with Gasteiger partial charge in [0.2, 0.25) is 0 Å². The summed E-state index contributed by atoms with van der Waals surface area (Å²) < 4.78 is 14.2. The van der Waals surface area contributed by atoms with Crippen LogP contribution in [0.2, 0.25) is 0 Å². The van der Waals surface area contributed by atoms with Crippen LogP contribution in [0.4, 0.5) is 4.39 Å². The predicted molar refractivity (Wildman–Crippen MR) is 72.8 cm³/mol. The molecule has 1 heterocycles. The van der Waals surface area contributed by atoms with Gasteiger partial charge < -0.3 is 10.2 Å². The number of benzene rings is 1. The van der Waals surface area contributed by atoms with Crippen LogP contribution in [0, 0.1) is 0 Å². The van der Waals surface area contributed by atoms with E-state index >= 15 is 0 Å². The van der Waals surface area contributed by atoms with E-state index in [0.717, 1.165) is 5.56 Å². The van der Waals surface area contributed by atoms with Crippen molar-refractivity contribution in [2.75, 3.05) is 6.61 Å². The first-order valence-electron chi connectivity index (χ1n) is 6.76. The molecule has 1 saturated heterocycles. The fraction of sp³-hybridized carbons (Fsp3) is 0.533. The third-order valence-corrected chi connectivity index (χ3v) is 3.83. The molecule has 20 heavy (non-hydrogen) atoms. The van der Waals surface area contributed by atoms with Crippen LogP contribution >= 0.6 is 0 Å². The van der Waals surface area contributed by atoms with E-state index in [9.17, 15) is 19.4 Å². The molecule has 0 unspecified atom stereocenters. The maximum Gasteiger partial charge on any atom is 0.143 e. The van der Waals surface area contributed by atoms with Crippen molar-refractivity contribution in [2.45, 2.75) is 44.2 Å². The van der Waals surface area contributed by atoms with Crippen molar-refractivity contribution in [3.63, 3.8) is 0 Å². The number of hydrogen-bond donors (Lipinski definition) is 2. The van der Waals surface area contributed by atoms with E-state index < -0.39 is 24.4 Å². The summed E-state index contributed by atoms with van der Waals surface area (Å²) >= 11 is 0. The molecule has 110 valence electrons. The van der Waals surface area contributed by atoms with E-state index in [2.05, 4.69) is 0 Å². The lowest BCUT2D eigenvalue weighted by molar-refractivity contribution is -0.118. The molecule has 1 aromatic rings. The predicted octanol–water partition coefficient (Wildman–Crippen LogP) is 0.910. The number of carbonyl (C=O) groups is 1. The summed E-state index contributed by atoms with van der Waals surface area (Å²) in [6.07, 6.45) is -2.73. The molecule has 2 N–H and O–H groups in total. The lowest BCUT2D eigenvalue weighted by Gasteiger charge is -2.28. The number of aliphatic hydroxyl groups excluding tert-OH is 2. The molecule has 0 saturated carbocycles. The van der Waals surface area contributed by atoms with Crippen LogP contribution < -0.4 is 0 Å². The lowest BCUT2D eigenvalue weighted by atomic mass is 10.1. The van der Waals surface area contributed by atoms with Gasteiger partial charge in [-0.3, -0.25) is 9.69 Å². The molecule has 0 radical (unpaired) electrons. The molecule has 4 nitrogen and oxygen atoms in total. The van der Waals surface area contributed by atoms with Crippen molar-refractivity contribution in [3.8, 4) is 0 Å². The highest BCUT2D eigenvalue weighted by molar-refractivity contribution is 5.76. The number of likely N-dealkylation sites (tertiary alicyclic amines) is 1. The summed E-state index contributed by atoms with van der Waals surface area (Å²) in [5.74, 6) is -0.124. The van der Waals surface area contributed by atoms with Crippen molar-refractivity contribution < 1.29 is 19.4 Å². The van der Waals surface area contributed by atoms with Crippen LogP contribution in [0.5, 0.6) is 0 Å². The van der Waals surface area contributed by atoms with Gasteiger partial charge in [0.1, 0.15) is 18.1 Å². The van der Waals surface area contributed by atoms with Gasteiger partial charge in [0.05, 0.1) is 18.7 Å². The summed E-state index contributed by atoms with van der Waals surface area (Å²) in [6, 6.07) is 8.09. The fourth-order valence-corrected chi connectivity index (χ4v) is 2.83. The summed E-state index contributed by atoms with van der Waals surface area (Å²) in [7, 11) is 0. The largest absolute Gasteiger partial charge is 0.395 e. The summed E-state index contributed by atoms with van der Waals surface area (Å²) in [5.41, 5.74) is 0.959. The van der Waals surface area contributed by atoms with Crippen LogP contribution in [0.3, 0.4) is 0 Å². The van der Waals surface area contributed by atoms with Crippen LogP contribution in [-0.4, -0.2) is 51.9 Å². The second-order valence-corrected chi connectivity index (χ2v) is 5.32. The first-order valence-corrected chi connectivity index (χ1v) is 6.76. The highest BCUT2D eigenvalue weighted by atomic mass is 19.1. The SMILES string of the molecule is CC(=O)C[C@@H]1[C@@H](F)[C@H](O)[C@@H](CO)N1Cc1ccccc1. The van der Waals surface area contributed by atoms with E-state index in [1.807, 2.05) is 30.3 Å². The lowest BCUT2D eigenvalue weighted by Crippen LogP contribution is -2.41. The summed E-state index contributed by atoms with van der Waals surface area (Å²) in [6.45, 7) is 1.48. The Morgan fingerprint density at radius 1 is 1.30 bits per heavy atom. The van der Waals surface area contributed by atoms with Crippen LogP contribution in [-0.2, 0) is 11.3 Å². The molecule has 1 aromatic carbocycles. The van der Waals surface area contributed by atoms with Crippen LogP contribution in [0.1, 0.15) is 18.9 Å². The Labute approximate surface area is 117 Å². The third-order valence-electron chi connectivity index (χ3n) is 3.83. The average Bonchev–Trinajstić information content (AvgIpc) is 2.64. The molecular weight excluding hydrogens is 261 g/mol. The monoisotopic (exact) mass is 281 g/mol. The number of rotatable bonds is 5. The van der Waals surface area contributed by atoms with E-state index in [1.54, 1.807) is 4.90 Å². The normalized spacial score (nSPS) is 30.6. The Morgan fingerprint density at radius 3 is 2.50 bits per heavy atom. The number of alkyl halides is 1. The van der Waals surface area contributed by atoms with Crippen molar-refractivity contribution in [2.24, 2.45) is 0 Å². The first-order chi connectivity index (χ1) is 9.54. The van der Waals surface area contributed by atoms with Gasteiger partial charge in [0.15, 0.2) is 0 Å². The molecule has 0 aliphatic carbocycles. The topological polar surface area (TPSA) is 60.8 Å². The Balaban J connectivity index is 2.21. The van der Waals surface area contributed by atoms with E-state index in [1.165, 1.54) is 6.92 Å². The van der Waals surface area contributed by atoms with Crippen molar-refractivity contribution in [1.82, 2.24) is 4.90 Å². The van der Waals surface area contributed by atoms with Crippen molar-refractivity contribution >= 4 is 5.78 Å². The van der Waals surface area contributed by atoms with Gasteiger partial charge in [-0.2, -0.15) is 0 Å². The fourth-order valence-electron chi connectivity index (χ4n) is 2.83. The molecule has 2 rings (SSSR count). The van der Waals surface area contributed by atoms with Gasteiger partial charge in [-0.25, -0.2) is 4.39 Å². The molecule has 4 atom stereocenters. The molecule has 1 aliphatic heterocycles. The number of aliphatic hydroxyl groups is 2. The highest BCUT2D eigenvalue weighted by Gasteiger charge is 2.48. The summed E-state index contributed by atoms with van der Waals surface area (Å²) in [4.78, 5) is 13.0. The first kappa shape index (κ1) is 15.1.